The van der Waals surface area contributed by atoms with Crippen molar-refractivity contribution in [1.82, 2.24) is 9.71 Å². The summed E-state index contributed by atoms with van der Waals surface area (Å²) in [5.74, 6) is 0. The van der Waals surface area contributed by atoms with Gasteiger partial charge in [-0.05, 0) is 24.3 Å². The predicted molar refractivity (Wildman–Crippen MR) is 106 cm³/mol. The molecule has 0 spiro atoms. The van der Waals surface area contributed by atoms with E-state index >= 15 is 0 Å². The molecule has 0 aliphatic heterocycles. The van der Waals surface area contributed by atoms with Crippen LogP contribution < -0.4 is 10.5 Å². The van der Waals surface area contributed by atoms with Crippen LogP contribution in [-0.4, -0.2) is 19.1 Å². The van der Waals surface area contributed by atoms with Gasteiger partial charge in [0.15, 0.2) is 0 Å². The molecule has 2 aromatic carbocycles. The second-order valence-corrected chi connectivity index (χ2v) is 6.84. The van der Waals surface area contributed by atoms with Gasteiger partial charge in [-0.3, -0.25) is 4.98 Å². The SMILES string of the molecule is [N-]=C(C=[C-]NS(=O)(=O)c1ccc(N)cc1)c1ccncc1.[U+3].[c-]1ccccc1. The summed E-state index contributed by atoms with van der Waals surface area (Å²) >= 11 is 0. The molecule has 1 radical (unpaired) electrons. The number of rotatable bonds is 5. The third kappa shape index (κ3) is 8.09. The second kappa shape index (κ2) is 12.1. The average molecular weight is 615 g/mol. The molecule has 0 aliphatic carbocycles. The predicted octanol–water partition coefficient (Wildman–Crippen LogP) is 2.80. The molecule has 0 fully saturated rings. The summed E-state index contributed by atoms with van der Waals surface area (Å²) in [6.45, 7) is 0. The zero-order valence-electron chi connectivity index (χ0n) is 14.8. The van der Waals surface area contributed by atoms with E-state index in [1.54, 1.807) is 12.1 Å². The van der Waals surface area contributed by atoms with Gasteiger partial charge in [-0.1, -0.05) is 12.1 Å². The number of nitrogens with one attached hydrogen (secondary N) is 1. The smallest absolute Gasteiger partial charge is 0.904 e. The molecular formula is C20H17N4O2SU. The van der Waals surface area contributed by atoms with Crippen LogP contribution in [0.4, 0.5) is 5.69 Å². The first-order valence-electron chi connectivity index (χ1n) is 7.82. The molecule has 0 atom stereocenters. The van der Waals surface area contributed by atoms with Gasteiger partial charge in [0.25, 0.3) is 0 Å². The van der Waals surface area contributed by atoms with Gasteiger partial charge >= 0.3 is 31.1 Å². The zero-order valence-corrected chi connectivity index (χ0v) is 19.8. The molecule has 0 unspecified atom stereocenters. The van der Waals surface area contributed by atoms with Crippen molar-refractivity contribution in [2.75, 3.05) is 5.73 Å². The summed E-state index contributed by atoms with van der Waals surface area (Å²) < 4.78 is 26.0. The fourth-order valence-electron chi connectivity index (χ4n) is 1.83. The number of allylic oxidation sites excluding steroid dienone is 1. The number of benzene rings is 2. The first-order chi connectivity index (χ1) is 13.0. The molecule has 3 aromatic rings. The maximum atomic E-state index is 11.9. The Bertz CT molecular complexity index is 951. The minimum atomic E-state index is -3.74. The van der Waals surface area contributed by atoms with Gasteiger partial charge in [-0.2, -0.15) is 42.6 Å². The third-order valence-electron chi connectivity index (χ3n) is 3.18. The van der Waals surface area contributed by atoms with Gasteiger partial charge in [-0.25, -0.2) is 14.5 Å². The third-order valence-corrected chi connectivity index (χ3v) is 4.46. The van der Waals surface area contributed by atoms with Crippen molar-refractivity contribution < 1.29 is 39.5 Å². The first kappa shape index (κ1) is 23.6. The van der Waals surface area contributed by atoms with E-state index in [0.717, 1.165) is 6.08 Å². The Labute approximate surface area is 188 Å². The summed E-state index contributed by atoms with van der Waals surface area (Å²) in [7, 11) is -3.74. The van der Waals surface area contributed by atoms with Crippen molar-refractivity contribution in [3.05, 3.63) is 108 Å². The van der Waals surface area contributed by atoms with Crippen LogP contribution >= 0.6 is 0 Å². The van der Waals surface area contributed by atoms with Crippen molar-refractivity contribution in [3.8, 4) is 0 Å². The van der Waals surface area contributed by atoms with E-state index in [0.29, 0.717) is 11.3 Å². The second-order valence-electron chi connectivity index (χ2n) is 5.16. The van der Waals surface area contributed by atoms with E-state index in [1.807, 2.05) is 30.3 Å². The van der Waals surface area contributed by atoms with Crippen molar-refractivity contribution >= 4 is 21.4 Å². The minimum Gasteiger partial charge on any atom is -0.904 e. The number of nitrogen functional groups attached to an aromatic ring is 1. The molecule has 1 aromatic heterocycles. The molecule has 1 heterocycles. The molecule has 0 aliphatic rings. The quantitative estimate of drug-likeness (QED) is 0.199. The maximum absolute atomic E-state index is 11.9. The molecule has 0 saturated carbocycles. The van der Waals surface area contributed by atoms with Crippen LogP contribution in [0.1, 0.15) is 5.56 Å². The summed E-state index contributed by atoms with van der Waals surface area (Å²) in [5.41, 5.74) is 6.34. The van der Waals surface area contributed by atoms with Crippen molar-refractivity contribution in [3.63, 3.8) is 0 Å². The van der Waals surface area contributed by atoms with Crippen LogP contribution in [0.25, 0.3) is 5.41 Å². The van der Waals surface area contributed by atoms with Crippen molar-refractivity contribution in [2.24, 2.45) is 0 Å². The Morgan fingerprint density at radius 1 is 1.07 bits per heavy atom. The van der Waals surface area contributed by atoms with Gasteiger partial charge < -0.3 is 21.6 Å². The van der Waals surface area contributed by atoms with E-state index in [2.05, 4.69) is 22.0 Å². The van der Waals surface area contributed by atoms with E-state index in [1.165, 1.54) is 36.7 Å². The van der Waals surface area contributed by atoms with E-state index in [4.69, 9.17) is 5.73 Å². The summed E-state index contributed by atoms with van der Waals surface area (Å²) in [6, 6.07) is 21.4. The van der Waals surface area contributed by atoms with Gasteiger partial charge in [0.05, 0.1) is 4.90 Å². The first-order valence-corrected chi connectivity index (χ1v) is 9.31. The van der Waals surface area contributed by atoms with Gasteiger partial charge in [0, 0.05) is 18.1 Å². The Hall–Kier alpha value is -2.40. The van der Waals surface area contributed by atoms with Crippen LogP contribution in [0.3, 0.4) is 0 Å². The molecule has 6 nitrogen and oxygen atoms in total. The standard InChI is InChI=1S/C14H12N4O2S.C6H5.U/c15-12-1-3-13(4-2-12)21(19,20)18-10-7-14(16)11-5-8-17-9-6-11;1-2-4-6-5-3-1;/h1-9,18H,15H2;1-5H;/q-2;-1;+3. The van der Waals surface area contributed by atoms with Crippen LogP contribution in [0.2, 0.25) is 0 Å². The fraction of sp³-hybridized carbons (Fsp3) is 0. The number of aromatic nitrogens is 1. The normalized spacial score (nSPS) is 10.3. The molecular weight excluding hydrogens is 598 g/mol. The molecule has 3 rings (SSSR count). The molecule has 0 saturated heterocycles. The van der Waals surface area contributed by atoms with Gasteiger partial charge in [-0.15, -0.1) is 5.56 Å². The van der Waals surface area contributed by atoms with Crippen LogP contribution in [-0.2, 0) is 10.0 Å². The molecule has 0 bridgehead atoms. The Kier molecular flexibility index (Phi) is 10.2. The van der Waals surface area contributed by atoms with Crippen LogP contribution in [0, 0.1) is 43.4 Å². The van der Waals surface area contributed by atoms with E-state index < -0.39 is 10.0 Å². The molecule has 28 heavy (non-hydrogen) atoms. The molecule has 0 amide bonds. The number of nitrogens with zero attached hydrogens (tertiary/aromatic N) is 2. The average Bonchev–Trinajstić information content (AvgIpc) is 2.70. The Balaban J connectivity index is 0.000000478. The Morgan fingerprint density at radius 3 is 2.18 bits per heavy atom. The van der Waals surface area contributed by atoms with Gasteiger partial charge in [0.1, 0.15) is 0 Å². The number of hydrogen-bond donors (Lipinski definition) is 2. The monoisotopic (exact) mass is 615 g/mol. The van der Waals surface area contributed by atoms with E-state index in [9.17, 15) is 13.8 Å². The van der Waals surface area contributed by atoms with E-state index in [-0.39, 0.29) is 41.7 Å². The summed E-state index contributed by atoms with van der Waals surface area (Å²) in [4.78, 5) is 3.87. The number of hydrogen-bond acceptors (Lipinski definition) is 4. The van der Waals surface area contributed by atoms with Crippen LogP contribution in [0.5, 0.6) is 0 Å². The molecule has 139 valence electrons. The van der Waals surface area contributed by atoms with Crippen molar-refractivity contribution in [2.45, 2.75) is 4.90 Å². The topological polar surface area (TPSA) is 107 Å². The fourth-order valence-corrected chi connectivity index (χ4v) is 2.66. The zero-order chi connectivity index (χ0) is 19.5. The van der Waals surface area contributed by atoms with Crippen molar-refractivity contribution in [1.29, 1.82) is 0 Å². The number of pyridine rings is 1. The number of nitrogens with two attached hydrogens (primary N) is 1. The largest absolute Gasteiger partial charge is 3.00 e. The van der Waals surface area contributed by atoms with Gasteiger partial charge in [0.2, 0.25) is 10.0 Å². The Morgan fingerprint density at radius 2 is 1.68 bits per heavy atom. The molecule has 8 heteroatoms. The molecule has 3 N–H and O–H groups in total. The summed E-state index contributed by atoms with van der Waals surface area (Å²) in [6.07, 6.45) is 6.49. The maximum Gasteiger partial charge on any atom is 3.00 e. The number of anilines is 1. The summed E-state index contributed by atoms with van der Waals surface area (Å²) in [5, 5.41) is 9.74. The number of sulfonamides is 1. The minimum absolute atomic E-state index is 0. The van der Waals surface area contributed by atoms with Crippen LogP contribution in [0.15, 0.2) is 90.1 Å².